The quantitative estimate of drug-likeness (QED) is 0.273. The molecule has 3 N–H and O–H groups in total. The van der Waals surface area contributed by atoms with Gasteiger partial charge in [0.2, 0.25) is 0 Å². The molecule has 1 rings (SSSR count). The van der Waals surface area contributed by atoms with Crippen molar-refractivity contribution in [3.63, 3.8) is 0 Å². The molecule has 27 heavy (non-hydrogen) atoms. The van der Waals surface area contributed by atoms with Crippen LogP contribution in [0.15, 0.2) is 4.99 Å². The Morgan fingerprint density at radius 2 is 1.96 bits per heavy atom. The van der Waals surface area contributed by atoms with E-state index in [2.05, 4.69) is 39.7 Å². The molecule has 156 valence electrons. The van der Waals surface area contributed by atoms with Gasteiger partial charge in [0.05, 0.1) is 0 Å². The van der Waals surface area contributed by atoms with Gasteiger partial charge in [-0.3, -0.25) is 0 Å². The second-order valence-corrected chi connectivity index (χ2v) is 6.90. The van der Waals surface area contributed by atoms with E-state index in [4.69, 9.17) is 4.74 Å². The maximum Gasteiger partial charge on any atom is 0.191 e. The minimum absolute atomic E-state index is 0.0733. The van der Waals surface area contributed by atoms with Gasteiger partial charge in [-0.2, -0.15) is 0 Å². The summed E-state index contributed by atoms with van der Waals surface area (Å²) >= 11 is 0. The van der Waals surface area contributed by atoms with Crippen LogP contribution >= 0.6 is 0 Å². The monoisotopic (exact) mass is 382 g/mol. The molecule has 1 heterocycles. The van der Waals surface area contributed by atoms with Crippen LogP contribution in [0.1, 0.15) is 58.1 Å². The molecule has 0 bridgehead atoms. The highest BCUT2D eigenvalue weighted by molar-refractivity contribution is 5.79. The fourth-order valence-electron chi connectivity index (χ4n) is 2.89. The summed E-state index contributed by atoms with van der Waals surface area (Å²) in [6, 6.07) is 0. The van der Waals surface area contributed by atoms with Gasteiger partial charge >= 0.3 is 0 Å². The molecule has 0 radical (unpaired) electrons. The molecule has 1 aromatic heterocycles. The Bertz CT molecular complexity index is 554. The van der Waals surface area contributed by atoms with Crippen molar-refractivity contribution in [2.24, 2.45) is 17.5 Å². The first-order chi connectivity index (χ1) is 13.0. The average Bonchev–Trinajstić information content (AvgIpc) is 3.00. The normalized spacial score (nSPS) is 12.4. The molecule has 1 aromatic rings. The van der Waals surface area contributed by atoms with Crippen LogP contribution < -0.4 is 10.6 Å². The van der Waals surface area contributed by atoms with Crippen molar-refractivity contribution in [3.05, 3.63) is 11.6 Å². The Kier molecular flexibility index (Phi) is 11.0. The second-order valence-electron chi connectivity index (χ2n) is 6.90. The molecular weight excluding hydrogens is 344 g/mol. The van der Waals surface area contributed by atoms with Crippen LogP contribution in [0.5, 0.6) is 0 Å². The highest BCUT2D eigenvalue weighted by Crippen LogP contribution is 2.29. The van der Waals surface area contributed by atoms with E-state index in [9.17, 15) is 5.11 Å². The second kappa shape index (κ2) is 12.7. The van der Waals surface area contributed by atoms with E-state index < -0.39 is 0 Å². The smallest absolute Gasteiger partial charge is 0.191 e. The number of aryl methyl sites for hydroxylation is 1. The summed E-state index contributed by atoms with van der Waals surface area (Å²) in [4.78, 5) is 4.69. The van der Waals surface area contributed by atoms with E-state index in [0.29, 0.717) is 6.54 Å². The van der Waals surface area contributed by atoms with Crippen LogP contribution in [0.2, 0.25) is 0 Å². The zero-order valence-corrected chi connectivity index (χ0v) is 17.7. The number of hydrogen-bond donors (Lipinski definition) is 3. The number of nitrogens with one attached hydrogen (secondary N) is 2. The standard InChI is InChI=1S/C19H38N6O2/c1-6-19(7-2,10-12-26)15-22-18(20-11-9-13-27-8-3)21-14-17-24-23-16(4)25(17)5/h26H,6-15H2,1-5H3,(H2,20,21,22). The number of aromatic nitrogens is 3. The van der Waals surface area contributed by atoms with Gasteiger partial charge < -0.3 is 25.0 Å². The Morgan fingerprint density at radius 3 is 2.52 bits per heavy atom. The number of rotatable bonds is 13. The van der Waals surface area contributed by atoms with E-state index in [1.54, 1.807) is 0 Å². The molecule has 0 saturated heterocycles. The lowest BCUT2D eigenvalue weighted by Gasteiger charge is -2.32. The fourth-order valence-corrected chi connectivity index (χ4v) is 2.89. The maximum absolute atomic E-state index is 9.43. The van der Waals surface area contributed by atoms with Crippen LogP contribution in [0, 0.1) is 12.3 Å². The molecule has 0 saturated carbocycles. The van der Waals surface area contributed by atoms with Gasteiger partial charge in [-0.1, -0.05) is 13.8 Å². The minimum Gasteiger partial charge on any atom is -0.396 e. The topological polar surface area (TPSA) is 96.6 Å². The third kappa shape index (κ3) is 7.84. The fraction of sp³-hybridized carbons (Fsp3) is 0.842. The first-order valence-corrected chi connectivity index (χ1v) is 10.1. The lowest BCUT2D eigenvalue weighted by atomic mass is 9.79. The Labute approximate surface area is 163 Å². The van der Waals surface area contributed by atoms with Gasteiger partial charge in [-0.15, -0.1) is 10.2 Å². The van der Waals surface area contributed by atoms with Crippen molar-refractivity contribution in [1.82, 2.24) is 25.4 Å². The SMILES string of the molecule is CCOCCCNC(=NCc1nnc(C)n1C)NCC(CC)(CC)CCO. The van der Waals surface area contributed by atoms with E-state index in [1.165, 1.54) is 0 Å². The summed E-state index contributed by atoms with van der Waals surface area (Å²) in [5.41, 5.74) is 0.0733. The van der Waals surface area contributed by atoms with E-state index in [1.807, 2.05) is 25.5 Å². The third-order valence-electron chi connectivity index (χ3n) is 5.30. The average molecular weight is 383 g/mol. The minimum atomic E-state index is 0.0733. The summed E-state index contributed by atoms with van der Waals surface area (Å²) in [5, 5.41) is 24.5. The van der Waals surface area contributed by atoms with Gasteiger partial charge in [0.15, 0.2) is 11.8 Å². The zero-order valence-electron chi connectivity index (χ0n) is 17.7. The van der Waals surface area contributed by atoms with Crippen molar-refractivity contribution in [2.75, 3.05) is 32.9 Å². The number of guanidine groups is 1. The summed E-state index contributed by atoms with van der Waals surface area (Å²) in [5.74, 6) is 2.46. The molecule has 0 aromatic carbocycles. The lowest BCUT2D eigenvalue weighted by molar-refractivity contribution is 0.145. The highest BCUT2D eigenvalue weighted by Gasteiger charge is 2.25. The van der Waals surface area contributed by atoms with Crippen molar-refractivity contribution >= 4 is 5.96 Å². The number of aliphatic hydroxyl groups is 1. The van der Waals surface area contributed by atoms with Gasteiger partial charge in [0.1, 0.15) is 12.4 Å². The number of aliphatic imine (C=N–C) groups is 1. The van der Waals surface area contributed by atoms with Crippen LogP contribution in [0.3, 0.4) is 0 Å². The summed E-state index contributed by atoms with van der Waals surface area (Å²) < 4.78 is 7.34. The van der Waals surface area contributed by atoms with Crippen molar-refractivity contribution in [3.8, 4) is 0 Å². The third-order valence-corrected chi connectivity index (χ3v) is 5.30. The van der Waals surface area contributed by atoms with Crippen LogP contribution in [0.4, 0.5) is 0 Å². The molecule has 0 unspecified atom stereocenters. The van der Waals surface area contributed by atoms with Crippen molar-refractivity contribution < 1.29 is 9.84 Å². The molecule has 0 atom stereocenters. The van der Waals surface area contributed by atoms with Crippen LogP contribution in [-0.2, 0) is 18.3 Å². The molecule has 0 spiro atoms. The molecular formula is C19H38N6O2. The number of ether oxygens (including phenoxy) is 1. The maximum atomic E-state index is 9.43. The van der Waals surface area contributed by atoms with Gasteiger partial charge in [0.25, 0.3) is 0 Å². The lowest BCUT2D eigenvalue weighted by Crippen LogP contribution is -2.44. The molecule has 0 aliphatic carbocycles. The largest absolute Gasteiger partial charge is 0.396 e. The number of nitrogens with zero attached hydrogens (tertiary/aromatic N) is 4. The van der Waals surface area contributed by atoms with E-state index in [0.717, 1.165) is 69.6 Å². The van der Waals surface area contributed by atoms with Crippen LogP contribution in [0.25, 0.3) is 0 Å². The molecule has 0 amide bonds. The summed E-state index contributed by atoms with van der Waals surface area (Å²) in [6.07, 6.45) is 3.72. The van der Waals surface area contributed by atoms with Crippen molar-refractivity contribution in [1.29, 1.82) is 0 Å². The molecule has 0 fully saturated rings. The Balaban J connectivity index is 2.73. The van der Waals surface area contributed by atoms with Gasteiger partial charge in [-0.05, 0) is 44.9 Å². The summed E-state index contributed by atoms with van der Waals surface area (Å²) in [7, 11) is 1.95. The van der Waals surface area contributed by atoms with E-state index >= 15 is 0 Å². The molecule has 8 nitrogen and oxygen atoms in total. The van der Waals surface area contributed by atoms with Gasteiger partial charge in [-0.25, -0.2) is 4.99 Å². The van der Waals surface area contributed by atoms with E-state index in [-0.39, 0.29) is 12.0 Å². The molecule has 8 heteroatoms. The molecule has 0 aliphatic heterocycles. The van der Waals surface area contributed by atoms with Crippen molar-refractivity contribution in [2.45, 2.75) is 59.9 Å². The zero-order chi connectivity index (χ0) is 20.1. The van der Waals surface area contributed by atoms with Gasteiger partial charge in [0, 0.05) is 40.0 Å². The predicted molar refractivity (Wildman–Crippen MR) is 109 cm³/mol. The predicted octanol–water partition coefficient (Wildman–Crippen LogP) is 1.77. The highest BCUT2D eigenvalue weighted by atomic mass is 16.5. The number of aliphatic hydroxyl groups excluding tert-OH is 1. The van der Waals surface area contributed by atoms with Crippen LogP contribution in [-0.4, -0.2) is 58.7 Å². The summed E-state index contributed by atoms with van der Waals surface area (Å²) in [6.45, 7) is 12.0. The first-order valence-electron chi connectivity index (χ1n) is 10.1. The Hall–Kier alpha value is -1.67. The number of hydrogen-bond acceptors (Lipinski definition) is 5. The molecule has 0 aliphatic rings. The first kappa shape index (κ1) is 23.4. The Morgan fingerprint density at radius 1 is 1.22 bits per heavy atom.